The van der Waals surface area contributed by atoms with E-state index in [0.717, 1.165) is 79.7 Å². The van der Waals surface area contributed by atoms with Crippen molar-refractivity contribution in [1.29, 1.82) is 5.26 Å². The number of fused-ring (bicyclic) bond motifs is 4. The third kappa shape index (κ3) is 2.13. The van der Waals surface area contributed by atoms with Gasteiger partial charge in [-0.3, -0.25) is 0 Å². The van der Waals surface area contributed by atoms with E-state index < -0.39 is 0 Å². The second-order valence-electron chi connectivity index (χ2n) is 9.46. The van der Waals surface area contributed by atoms with Gasteiger partial charge in [0.15, 0.2) is 0 Å². The molecule has 2 aromatic carbocycles. The van der Waals surface area contributed by atoms with E-state index in [1.54, 1.807) is 0 Å². The van der Waals surface area contributed by atoms with Gasteiger partial charge in [-0.1, -0.05) is 0 Å². The Balaban J connectivity index is 1.59. The molecular formula is C26H26N3O+. The zero-order valence-electron chi connectivity index (χ0n) is 17.4. The highest BCUT2D eigenvalue weighted by atomic mass is 16.5. The summed E-state index contributed by atoms with van der Waals surface area (Å²) in [6.07, 6.45) is 9.10. The molecule has 0 atom stereocenters. The molecule has 0 saturated carbocycles. The summed E-state index contributed by atoms with van der Waals surface area (Å²) in [6, 6.07) is 7.16. The fourth-order valence-electron chi connectivity index (χ4n) is 6.63. The van der Waals surface area contributed by atoms with Crippen LogP contribution in [0.15, 0.2) is 12.1 Å². The van der Waals surface area contributed by atoms with E-state index in [0.29, 0.717) is 0 Å². The molecule has 0 amide bonds. The van der Waals surface area contributed by atoms with Crippen molar-refractivity contribution in [3.05, 3.63) is 50.5 Å². The molecule has 30 heavy (non-hydrogen) atoms. The zero-order valence-corrected chi connectivity index (χ0v) is 17.4. The fraction of sp³-hybridized carbons (Fsp3) is 0.462. The molecule has 0 fully saturated rings. The van der Waals surface area contributed by atoms with Gasteiger partial charge in [-0.15, -0.1) is 0 Å². The molecule has 4 heteroatoms. The van der Waals surface area contributed by atoms with Gasteiger partial charge in [0.2, 0.25) is 5.36 Å². The van der Waals surface area contributed by atoms with Crippen molar-refractivity contribution in [2.45, 2.75) is 51.4 Å². The van der Waals surface area contributed by atoms with Gasteiger partial charge in [0, 0.05) is 53.5 Å². The van der Waals surface area contributed by atoms with Crippen molar-refractivity contribution in [3.8, 4) is 17.6 Å². The van der Waals surface area contributed by atoms with E-state index >= 15 is 0 Å². The average Bonchev–Trinajstić information content (AvgIpc) is 2.79. The summed E-state index contributed by atoms with van der Waals surface area (Å²) >= 11 is 0. The Morgan fingerprint density at radius 3 is 2.50 bits per heavy atom. The Kier molecular flexibility index (Phi) is 3.45. The Labute approximate surface area is 176 Å². The number of nitriles is 1. The molecular weight excluding hydrogens is 371 g/mol. The topological polar surface area (TPSA) is 39.3 Å². The fourth-order valence-corrected chi connectivity index (χ4v) is 6.63. The molecule has 5 aliphatic rings. The number of hydrogen-bond donors (Lipinski definition) is 0. The van der Waals surface area contributed by atoms with Crippen molar-refractivity contribution in [2.75, 3.05) is 31.1 Å². The van der Waals surface area contributed by atoms with E-state index in [4.69, 9.17) is 4.74 Å². The lowest BCUT2D eigenvalue weighted by Gasteiger charge is -2.39. The lowest BCUT2D eigenvalue weighted by molar-refractivity contribution is 0.431. The van der Waals surface area contributed by atoms with E-state index in [-0.39, 0.29) is 0 Å². The number of aryl methyl sites for hydroxylation is 2. The molecule has 0 spiro atoms. The molecule has 5 heterocycles. The zero-order chi connectivity index (χ0) is 19.8. The number of hydrogen-bond acceptors (Lipinski definition) is 3. The monoisotopic (exact) mass is 397 g/mol. The summed E-state index contributed by atoms with van der Waals surface area (Å²) in [7, 11) is 0. The maximum atomic E-state index is 10.3. The van der Waals surface area contributed by atoms with Gasteiger partial charge in [0.1, 0.15) is 30.7 Å². The van der Waals surface area contributed by atoms with Gasteiger partial charge in [-0.05, 0) is 56.2 Å². The third-order valence-electron chi connectivity index (χ3n) is 7.80. The smallest absolute Gasteiger partial charge is 0.210 e. The van der Waals surface area contributed by atoms with Gasteiger partial charge in [-0.25, -0.2) is 4.58 Å². The SMILES string of the molecule is [15N]#CC1=c2cc3c4c(c2Oc2c1cc1c5c2CCCN5CCC1)CCC[N+]=4CCC3. The summed E-state index contributed by atoms with van der Waals surface area (Å²) in [5, 5.41) is 12.7. The number of ether oxygens (including phenoxy) is 1. The van der Waals surface area contributed by atoms with Crippen LogP contribution in [-0.2, 0) is 25.7 Å². The van der Waals surface area contributed by atoms with Crippen molar-refractivity contribution in [1.82, 2.24) is 4.58 Å². The number of anilines is 1. The summed E-state index contributed by atoms with van der Waals surface area (Å²) in [4.78, 5) is 2.56. The minimum absolute atomic E-state index is 0.828. The molecule has 4 nitrogen and oxygen atoms in total. The summed E-state index contributed by atoms with van der Waals surface area (Å²) in [6.45, 7) is 4.60. The van der Waals surface area contributed by atoms with Crippen molar-refractivity contribution in [3.63, 3.8) is 0 Å². The molecule has 0 saturated heterocycles. The van der Waals surface area contributed by atoms with E-state index in [1.807, 2.05) is 0 Å². The van der Waals surface area contributed by atoms with Gasteiger partial charge >= 0.3 is 0 Å². The first-order chi connectivity index (χ1) is 14.8. The first-order valence-corrected chi connectivity index (χ1v) is 11.7. The molecule has 0 unspecified atom stereocenters. The summed E-state index contributed by atoms with van der Waals surface area (Å²) in [5.41, 5.74) is 8.82. The van der Waals surface area contributed by atoms with Crippen LogP contribution in [0, 0.1) is 11.3 Å². The Morgan fingerprint density at radius 1 is 0.867 bits per heavy atom. The van der Waals surface area contributed by atoms with Crippen LogP contribution in [-0.4, -0.2) is 26.2 Å². The van der Waals surface area contributed by atoms with Crippen LogP contribution in [0.2, 0.25) is 0 Å². The highest BCUT2D eigenvalue weighted by molar-refractivity contribution is 5.87. The molecule has 150 valence electrons. The number of benzene rings is 2. The van der Waals surface area contributed by atoms with Crippen molar-refractivity contribution < 1.29 is 4.74 Å². The molecule has 0 bridgehead atoms. The second kappa shape index (κ2) is 6.11. The first kappa shape index (κ1) is 16.9. The molecule has 5 aliphatic heterocycles. The first-order valence-electron chi connectivity index (χ1n) is 11.7. The molecule has 0 aliphatic carbocycles. The van der Waals surface area contributed by atoms with Crippen LogP contribution >= 0.6 is 0 Å². The maximum absolute atomic E-state index is 10.3. The lowest BCUT2D eigenvalue weighted by atomic mass is 9.85. The predicted octanol–water partition coefficient (Wildman–Crippen LogP) is 2.60. The van der Waals surface area contributed by atoms with Crippen LogP contribution in [0.3, 0.4) is 0 Å². The highest BCUT2D eigenvalue weighted by Gasteiger charge is 2.35. The standard InChI is InChI=1S/C26H26N3O/c27-15-22-20-13-16-5-1-9-28-11-3-7-18(23(16)28)25(20)30-26-19-8-4-12-29-10-2-6-17(24(19)29)14-21(22)26/h13-14H,1-12H2/q+1/i27+1. The molecule has 0 aromatic heterocycles. The minimum atomic E-state index is 0.828. The van der Waals surface area contributed by atoms with E-state index in [2.05, 4.69) is 27.7 Å². The third-order valence-corrected chi connectivity index (χ3v) is 7.80. The maximum Gasteiger partial charge on any atom is 0.210 e. The molecule has 2 aromatic rings. The van der Waals surface area contributed by atoms with Gasteiger partial charge in [0.05, 0.1) is 11.1 Å². The quantitative estimate of drug-likeness (QED) is 0.507. The molecule has 7 rings (SSSR count). The number of nitrogens with zero attached hydrogens (tertiary/aromatic N) is 3. The lowest BCUT2D eigenvalue weighted by Crippen LogP contribution is -2.45. The highest BCUT2D eigenvalue weighted by Crippen LogP contribution is 2.47. The Bertz CT molecular complexity index is 1290. The van der Waals surface area contributed by atoms with Gasteiger partial charge < -0.3 is 9.64 Å². The Hall–Kier alpha value is -2.80. The molecule has 0 radical (unpaired) electrons. The Morgan fingerprint density at radius 2 is 1.63 bits per heavy atom. The van der Waals surface area contributed by atoms with Gasteiger partial charge in [0.25, 0.3) is 0 Å². The average molecular weight is 398 g/mol. The second-order valence-corrected chi connectivity index (χ2v) is 9.46. The van der Waals surface area contributed by atoms with Crippen LogP contribution in [0.4, 0.5) is 5.69 Å². The minimum Gasteiger partial charge on any atom is -0.455 e. The van der Waals surface area contributed by atoms with Crippen LogP contribution in [0.1, 0.15) is 53.5 Å². The summed E-state index contributed by atoms with van der Waals surface area (Å²) in [5.74, 6) is 1.96. The van der Waals surface area contributed by atoms with Gasteiger partial charge in [-0.2, -0.15) is 5.26 Å². The summed E-state index contributed by atoms with van der Waals surface area (Å²) < 4.78 is 9.38. The van der Waals surface area contributed by atoms with E-state index in [9.17, 15) is 5.26 Å². The van der Waals surface area contributed by atoms with Crippen LogP contribution < -0.4 is 24.8 Å². The normalized spacial score (nSPS) is 20.4. The van der Waals surface area contributed by atoms with Crippen molar-refractivity contribution >= 4 is 11.3 Å². The van der Waals surface area contributed by atoms with Crippen molar-refractivity contribution in [2.24, 2.45) is 0 Å². The van der Waals surface area contributed by atoms with Crippen LogP contribution in [0.5, 0.6) is 11.5 Å². The van der Waals surface area contributed by atoms with E-state index in [1.165, 1.54) is 59.0 Å². The predicted molar refractivity (Wildman–Crippen MR) is 117 cm³/mol. The molecule has 0 N–H and O–H groups in total. The largest absolute Gasteiger partial charge is 0.455 e. The number of rotatable bonds is 0. The van der Waals surface area contributed by atoms with Crippen LogP contribution in [0.25, 0.3) is 5.57 Å².